The Kier molecular flexibility index (Phi) is 6.25. The van der Waals surface area contributed by atoms with Gasteiger partial charge in [-0.1, -0.05) is 24.3 Å². The molecule has 6 heteroatoms. The molecule has 2 aromatic heterocycles. The minimum Gasteiger partial charge on any atom is -0.497 e. The Bertz CT molecular complexity index is 1540. The van der Waals surface area contributed by atoms with E-state index in [0.29, 0.717) is 11.3 Å². The summed E-state index contributed by atoms with van der Waals surface area (Å²) in [5, 5.41) is 0. The molecule has 3 aromatic carbocycles. The summed E-state index contributed by atoms with van der Waals surface area (Å²) in [5.41, 5.74) is 4.40. The van der Waals surface area contributed by atoms with Gasteiger partial charge in [-0.25, -0.2) is 4.79 Å². The maximum absolute atomic E-state index is 13.4. The van der Waals surface area contributed by atoms with E-state index < -0.39 is 5.63 Å². The standard InChI is InChI=1S/C30H27NO5/c1-19(2)35-25-15-5-20(6-16-25)26-17-31-18-27(21-7-11-23(33-3)12-8-21)36-30(32)29(31)28(26)22-9-13-24(34-4)14-10-22/h5-19H,1-4H3. The van der Waals surface area contributed by atoms with E-state index in [4.69, 9.17) is 18.6 Å². The lowest BCUT2D eigenvalue weighted by molar-refractivity contribution is 0.242. The number of fused-ring (bicyclic) bond motifs is 1. The van der Waals surface area contributed by atoms with Gasteiger partial charge >= 0.3 is 5.63 Å². The maximum Gasteiger partial charge on any atom is 0.361 e. The summed E-state index contributed by atoms with van der Waals surface area (Å²) in [7, 11) is 3.25. The molecule has 0 aliphatic heterocycles. The SMILES string of the molecule is COc1ccc(-c2cn3cc(-c4ccc(OC(C)C)cc4)c(-c4ccc(OC)cc4)c3c(=O)o2)cc1. The lowest BCUT2D eigenvalue weighted by Crippen LogP contribution is -2.05. The molecule has 5 aromatic rings. The molecule has 0 fully saturated rings. The molecule has 6 nitrogen and oxygen atoms in total. The molecule has 0 atom stereocenters. The van der Waals surface area contributed by atoms with E-state index in [-0.39, 0.29) is 6.10 Å². The fourth-order valence-corrected chi connectivity index (χ4v) is 4.28. The highest BCUT2D eigenvalue weighted by atomic mass is 16.5. The third-order valence-corrected chi connectivity index (χ3v) is 5.98. The number of ether oxygens (including phenoxy) is 3. The molecule has 0 N–H and O–H groups in total. The summed E-state index contributed by atoms with van der Waals surface area (Å²) in [5.74, 6) is 2.74. The van der Waals surface area contributed by atoms with E-state index in [1.54, 1.807) is 14.2 Å². The minimum atomic E-state index is -0.417. The van der Waals surface area contributed by atoms with Crippen molar-refractivity contribution in [2.75, 3.05) is 14.2 Å². The second kappa shape index (κ2) is 9.66. The zero-order valence-corrected chi connectivity index (χ0v) is 20.6. The minimum absolute atomic E-state index is 0.0868. The van der Waals surface area contributed by atoms with E-state index in [9.17, 15) is 4.79 Å². The van der Waals surface area contributed by atoms with Crippen LogP contribution in [0.1, 0.15) is 13.8 Å². The van der Waals surface area contributed by atoms with Crippen LogP contribution in [-0.4, -0.2) is 24.7 Å². The van der Waals surface area contributed by atoms with Crippen LogP contribution in [0.4, 0.5) is 0 Å². The molecule has 36 heavy (non-hydrogen) atoms. The molecule has 0 unspecified atom stereocenters. The van der Waals surface area contributed by atoms with Crippen LogP contribution in [0.5, 0.6) is 17.2 Å². The number of aromatic nitrogens is 1. The third-order valence-electron chi connectivity index (χ3n) is 5.98. The van der Waals surface area contributed by atoms with Crippen LogP contribution in [0.15, 0.2) is 94.4 Å². The van der Waals surface area contributed by atoms with Gasteiger partial charge in [0.1, 0.15) is 22.8 Å². The van der Waals surface area contributed by atoms with Gasteiger partial charge in [-0.15, -0.1) is 0 Å². The third kappa shape index (κ3) is 4.45. The molecule has 0 bridgehead atoms. The maximum atomic E-state index is 13.4. The average molecular weight is 482 g/mol. The Balaban J connectivity index is 1.69. The molecule has 0 saturated heterocycles. The van der Waals surface area contributed by atoms with Crippen molar-refractivity contribution in [1.29, 1.82) is 0 Å². The number of hydrogen-bond acceptors (Lipinski definition) is 5. The van der Waals surface area contributed by atoms with Gasteiger partial charge in [-0.2, -0.15) is 0 Å². The largest absolute Gasteiger partial charge is 0.497 e. The van der Waals surface area contributed by atoms with Gasteiger partial charge in [0.05, 0.1) is 26.5 Å². The van der Waals surface area contributed by atoms with Gasteiger partial charge in [0.25, 0.3) is 0 Å². The lowest BCUT2D eigenvalue weighted by Gasteiger charge is -2.11. The van der Waals surface area contributed by atoms with Crippen molar-refractivity contribution >= 4 is 5.52 Å². The number of benzene rings is 3. The average Bonchev–Trinajstić information content (AvgIpc) is 3.29. The van der Waals surface area contributed by atoms with E-state index in [2.05, 4.69) is 0 Å². The summed E-state index contributed by atoms with van der Waals surface area (Å²) < 4.78 is 24.0. The van der Waals surface area contributed by atoms with Gasteiger partial charge in [-0.05, 0) is 73.5 Å². The van der Waals surface area contributed by atoms with Crippen LogP contribution in [0.3, 0.4) is 0 Å². The van der Waals surface area contributed by atoms with Gasteiger partial charge in [0, 0.05) is 22.9 Å². The molecule has 2 heterocycles. The van der Waals surface area contributed by atoms with Crippen molar-refractivity contribution in [3.8, 4) is 50.8 Å². The molecule has 182 valence electrons. The van der Waals surface area contributed by atoms with Crippen LogP contribution in [0, 0.1) is 0 Å². The van der Waals surface area contributed by atoms with Crippen molar-refractivity contribution < 1.29 is 18.6 Å². The summed E-state index contributed by atoms with van der Waals surface area (Å²) in [6.45, 7) is 3.99. The van der Waals surface area contributed by atoms with E-state index in [1.807, 2.05) is 103 Å². The summed E-state index contributed by atoms with van der Waals surface area (Å²) >= 11 is 0. The first-order valence-electron chi connectivity index (χ1n) is 11.7. The first kappa shape index (κ1) is 23.3. The first-order chi connectivity index (χ1) is 17.5. The summed E-state index contributed by atoms with van der Waals surface area (Å²) in [4.78, 5) is 13.4. The second-order valence-corrected chi connectivity index (χ2v) is 8.70. The molecular weight excluding hydrogens is 454 g/mol. The topological polar surface area (TPSA) is 62.3 Å². The van der Waals surface area contributed by atoms with Crippen LogP contribution in [0.2, 0.25) is 0 Å². The van der Waals surface area contributed by atoms with Crippen LogP contribution >= 0.6 is 0 Å². The van der Waals surface area contributed by atoms with E-state index in [1.165, 1.54) is 0 Å². The van der Waals surface area contributed by atoms with E-state index >= 15 is 0 Å². The Morgan fingerprint density at radius 3 is 1.78 bits per heavy atom. The fraction of sp³-hybridized carbons (Fsp3) is 0.167. The molecule has 0 saturated carbocycles. The Morgan fingerprint density at radius 1 is 0.694 bits per heavy atom. The van der Waals surface area contributed by atoms with Gasteiger partial charge in [0.2, 0.25) is 0 Å². The smallest absolute Gasteiger partial charge is 0.361 e. The highest BCUT2D eigenvalue weighted by molar-refractivity contribution is 5.94. The predicted octanol–water partition coefficient (Wildman–Crippen LogP) is 6.70. The zero-order chi connectivity index (χ0) is 25.2. The van der Waals surface area contributed by atoms with E-state index in [0.717, 1.165) is 45.1 Å². The quantitative estimate of drug-likeness (QED) is 0.259. The Hall–Kier alpha value is -4.45. The van der Waals surface area contributed by atoms with Crippen molar-refractivity contribution in [3.63, 3.8) is 0 Å². The van der Waals surface area contributed by atoms with Crippen LogP contribution < -0.4 is 19.8 Å². The fourth-order valence-electron chi connectivity index (χ4n) is 4.28. The number of methoxy groups -OCH3 is 2. The van der Waals surface area contributed by atoms with Crippen molar-refractivity contribution in [3.05, 3.63) is 95.6 Å². The monoisotopic (exact) mass is 481 g/mol. The predicted molar refractivity (Wildman–Crippen MR) is 141 cm³/mol. The van der Waals surface area contributed by atoms with Gasteiger partial charge < -0.3 is 23.0 Å². The highest BCUT2D eigenvalue weighted by Gasteiger charge is 2.20. The normalized spacial score (nSPS) is 11.1. The molecule has 0 spiro atoms. The summed E-state index contributed by atoms with van der Waals surface area (Å²) in [6, 6.07) is 23.0. The molecular formula is C30H27NO5. The molecule has 0 radical (unpaired) electrons. The zero-order valence-electron chi connectivity index (χ0n) is 20.6. The van der Waals surface area contributed by atoms with Crippen molar-refractivity contribution in [2.45, 2.75) is 20.0 Å². The van der Waals surface area contributed by atoms with Crippen LogP contribution in [-0.2, 0) is 0 Å². The number of nitrogens with zero attached hydrogens (tertiary/aromatic N) is 1. The molecule has 0 aliphatic rings. The number of rotatable bonds is 7. The highest BCUT2D eigenvalue weighted by Crippen LogP contribution is 2.38. The summed E-state index contributed by atoms with van der Waals surface area (Å²) in [6.07, 6.45) is 3.89. The van der Waals surface area contributed by atoms with Crippen LogP contribution in [0.25, 0.3) is 39.1 Å². The van der Waals surface area contributed by atoms with Gasteiger partial charge in [-0.3, -0.25) is 0 Å². The Morgan fingerprint density at radius 2 is 1.22 bits per heavy atom. The van der Waals surface area contributed by atoms with Crippen molar-refractivity contribution in [1.82, 2.24) is 4.40 Å². The molecule has 0 aliphatic carbocycles. The number of hydrogen-bond donors (Lipinski definition) is 0. The second-order valence-electron chi connectivity index (χ2n) is 8.70. The van der Waals surface area contributed by atoms with Crippen molar-refractivity contribution in [2.24, 2.45) is 0 Å². The molecule has 5 rings (SSSR count). The molecule has 0 amide bonds. The first-order valence-corrected chi connectivity index (χ1v) is 11.7. The Labute approximate surface area is 209 Å². The van der Waals surface area contributed by atoms with Gasteiger partial charge in [0.15, 0.2) is 5.76 Å². The lowest BCUT2D eigenvalue weighted by atomic mass is 9.97.